The van der Waals surface area contributed by atoms with Gasteiger partial charge >= 0.3 is 12.1 Å². The molecule has 1 fully saturated rings. The van der Waals surface area contributed by atoms with Gasteiger partial charge in [-0.1, -0.05) is 23.2 Å². The van der Waals surface area contributed by atoms with E-state index in [1.165, 1.54) is 13.2 Å². The van der Waals surface area contributed by atoms with E-state index in [0.29, 0.717) is 11.3 Å². The number of likely N-dealkylation sites (tertiary alicyclic amines) is 1. The summed E-state index contributed by atoms with van der Waals surface area (Å²) in [5.41, 5.74) is 0.349. The van der Waals surface area contributed by atoms with Crippen LogP contribution in [0.4, 0.5) is 4.79 Å². The first kappa shape index (κ1) is 17.7. The van der Waals surface area contributed by atoms with Crippen LogP contribution < -0.4 is 4.74 Å². The zero-order valence-electron chi connectivity index (χ0n) is 12.2. The lowest BCUT2D eigenvalue weighted by atomic mass is 9.99. The first-order chi connectivity index (χ1) is 10.9. The van der Waals surface area contributed by atoms with Crippen LogP contribution in [0.3, 0.4) is 0 Å². The number of carbonyl (C=O) groups is 2. The lowest BCUT2D eigenvalue weighted by Gasteiger charge is -2.25. The quantitative estimate of drug-likeness (QED) is 0.780. The Kier molecular flexibility index (Phi) is 5.56. The molecule has 1 aromatic carbocycles. The van der Waals surface area contributed by atoms with E-state index in [4.69, 9.17) is 32.7 Å². The third-order valence-electron chi connectivity index (χ3n) is 3.65. The molecule has 0 unspecified atom stereocenters. The van der Waals surface area contributed by atoms with Gasteiger partial charge in [0.1, 0.15) is 5.75 Å². The normalized spacial score (nSPS) is 20.6. The van der Waals surface area contributed by atoms with Crippen molar-refractivity contribution in [3.8, 4) is 5.75 Å². The molecule has 0 radical (unpaired) electrons. The van der Waals surface area contributed by atoms with E-state index in [0.717, 1.165) is 4.90 Å². The molecule has 0 spiro atoms. The zero-order valence-corrected chi connectivity index (χ0v) is 13.7. The predicted octanol–water partition coefficient (Wildman–Crippen LogP) is 3.10. The summed E-state index contributed by atoms with van der Waals surface area (Å²) in [6, 6.07) is 2.32. The van der Waals surface area contributed by atoms with E-state index in [1.54, 1.807) is 6.07 Å². The van der Waals surface area contributed by atoms with E-state index in [9.17, 15) is 19.8 Å². The van der Waals surface area contributed by atoms with Gasteiger partial charge in [0.15, 0.2) is 6.79 Å². The van der Waals surface area contributed by atoms with Crippen LogP contribution in [-0.4, -0.2) is 47.6 Å². The molecule has 7 nitrogen and oxygen atoms in total. The molecule has 0 bridgehead atoms. The Morgan fingerprint density at radius 1 is 1.35 bits per heavy atom. The number of hydrogen-bond donors (Lipinski definition) is 2. The summed E-state index contributed by atoms with van der Waals surface area (Å²) in [7, 11) is 1.44. The predicted molar refractivity (Wildman–Crippen MR) is 82.2 cm³/mol. The molecule has 1 aliphatic heterocycles. The van der Waals surface area contributed by atoms with Crippen LogP contribution in [0.5, 0.6) is 5.75 Å². The smallest absolute Gasteiger partial charge is 0.407 e. The van der Waals surface area contributed by atoms with E-state index < -0.39 is 24.0 Å². The highest BCUT2D eigenvalue weighted by molar-refractivity contribution is 6.42. The van der Waals surface area contributed by atoms with Crippen molar-refractivity contribution in [2.75, 3.05) is 20.4 Å². The van der Waals surface area contributed by atoms with Crippen molar-refractivity contribution in [3.05, 3.63) is 27.7 Å². The highest BCUT2D eigenvalue weighted by Gasteiger charge is 2.42. The fourth-order valence-corrected chi connectivity index (χ4v) is 3.05. The molecule has 1 amide bonds. The molecule has 23 heavy (non-hydrogen) atoms. The second-order valence-corrected chi connectivity index (χ2v) is 5.83. The summed E-state index contributed by atoms with van der Waals surface area (Å²) in [6.45, 7) is -0.186. The molecule has 0 aliphatic carbocycles. The van der Waals surface area contributed by atoms with Gasteiger partial charge in [-0.25, -0.2) is 4.79 Å². The second-order valence-electron chi connectivity index (χ2n) is 5.05. The van der Waals surface area contributed by atoms with Crippen molar-refractivity contribution in [2.45, 2.75) is 12.5 Å². The van der Waals surface area contributed by atoms with Crippen LogP contribution in [0.1, 0.15) is 18.0 Å². The molecule has 2 N–H and O–H groups in total. The largest absolute Gasteiger partial charge is 0.481 e. The van der Waals surface area contributed by atoms with Gasteiger partial charge in [-0.05, 0) is 18.6 Å². The van der Waals surface area contributed by atoms with Gasteiger partial charge in [-0.3, -0.25) is 4.79 Å². The van der Waals surface area contributed by atoms with E-state index in [1.807, 2.05) is 0 Å². The summed E-state index contributed by atoms with van der Waals surface area (Å²) in [5, 5.41) is 18.9. The molecule has 1 saturated heterocycles. The topological polar surface area (TPSA) is 96.3 Å². The third-order valence-corrected chi connectivity index (χ3v) is 4.47. The summed E-state index contributed by atoms with van der Waals surface area (Å²) in [6.07, 6.45) is -1.14. The molecule has 126 valence electrons. The van der Waals surface area contributed by atoms with Gasteiger partial charge in [0.2, 0.25) is 0 Å². The minimum absolute atomic E-state index is 0.0624. The van der Waals surface area contributed by atoms with Crippen LogP contribution in [0.15, 0.2) is 12.1 Å². The zero-order chi connectivity index (χ0) is 17.1. The van der Waals surface area contributed by atoms with Crippen LogP contribution in [-0.2, 0) is 9.53 Å². The number of nitrogens with zero attached hydrogens (tertiary/aromatic N) is 1. The van der Waals surface area contributed by atoms with Crippen LogP contribution in [0.25, 0.3) is 0 Å². The Labute approximate surface area is 142 Å². The minimum Gasteiger partial charge on any atom is -0.481 e. The second kappa shape index (κ2) is 7.25. The Morgan fingerprint density at radius 2 is 2.04 bits per heavy atom. The molecule has 1 heterocycles. The molecule has 1 aliphatic rings. The molecular weight excluding hydrogens is 349 g/mol. The Bertz CT molecular complexity index is 624. The third kappa shape index (κ3) is 3.63. The number of ether oxygens (including phenoxy) is 2. The fraction of sp³-hybridized carbons (Fsp3) is 0.429. The van der Waals surface area contributed by atoms with E-state index in [-0.39, 0.29) is 29.8 Å². The molecular formula is C14H15Cl2NO6. The van der Waals surface area contributed by atoms with Gasteiger partial charge in [-0.2, -0.15) is 0 Å². The fourth-order valence-electron chi connectivity index (χ4n) is 2.61. The van der Waals surface area contributed by atoms with Crippen molar-refractivity contribution >= 4 is 35.3 Å². The average Bonchev–Trinajstić information content (AvgIpc) is 2.93. The minimum atomic E-state index is -1.23. The van der Waals surface area contributed by atoms with E-state index >= 15 is 0 Å². The number of benzene rings is 1. The van der Waals surface area contributed by atoms with Crippen molar-refractivity contribution < 1.29 is 29.3 Å². The average molecular weight is 364 g/mol. The van der Waals surface area contributed by atoms with Crippen molar-refractivity contribution in [1.82, 2.24) is 4.90 Å². The lowest BCUT2D eigenvalue weighted by molar-refractivity contribution is -0.141. The molecule has 2 atom stereocenters. The Morgan fingerprint density at radius 3 is 2.61 bits per heavy atom. The maximum absolute atomic E-state index is 11.5. The number of halogens is 2. The summed E-state index contributed by atoms with van der Waals surface area (Å²) >= 11 is 12.3. The number of carboxylic acids is 1. The summed E-state index contributed by atoms with van der Waals surface area (Å²) in [5.74, 6) is -1.57. The van der Waals surface area contributed by atoms with Crippen LogP contribution in [0, 0.1) is 5.92 Å². The first-order valence-electron chi connectivity index (χ1n) is 6.68. The number of carboxylic acid groups (broad SMARTS) is 2. The molecule has 9 heteroatoms. The Balaban J connectivity index is 2.47. The summed E-state index contributed by atoms with van der Waals surface area (Å²) in [4.78, 5) is 23.7. The van der Waals surface area contributed by atoms with Gasteiger partial charge in [0.05, 0.1) is 22.0 Å². The van der Waals surface area contributed by atoms with Crippen LogP contribution >= 0.6 is 23.2 Å². The molecule has 0 saturated carbocycles. The van der Waals surface area contributed by atoms with Crippen molar-refractivity contribution in [1.29, 1.82) is 0 Å². The van der Waals surface area contributed by atoms with Gasteiger partial charge < -0.3 is 24.6 Å². The van der Waals surface area contributed by atoms with Gasteiger partial charge in [-0.15, -0.1) is 0 Å². The molecule has 1 aromatic rings. The highest BCUT2D eigenvalue weighted by atomic mass is 35.5. The maximum Gasteiger partial charge on any atom is 0.407 e. The van der Waals surface area contributed by atoms with E-state index in [2.05, 4.69) is 0 Å². The Hall–Kier alpha value is -1.70. The highest BCUT2D eigenvalue weighted by Crippen LogP contribution is 2.45. The summed E-state index contributed by atoms with van der Waals surface area (Å²) < 4.78 is 10.3. The van der Waals surface area contributed by atoms with Crippen LogP contribution in [0.2, 0.25) is 10.0 Å². The van der Waals surface area contributed by atoms with Gasteiger partial charge in [0, 0.05) is 19.2 Å². The lowest BCUT2D eigenvalue weighted by Crippen LogP contribution is -2.30. The number of amides is 1. The monoisotopic (exact) mass is 363 g/mol. The number of hydrogen-bond acceptors (Lipinski definition) is 4. The molecule has 0 aromatic heterocycles. The first-order valence-corrected chi connectivity index (χ1v) is 7.44. The number of aliphatic carboxylic acids is 1. The maximum atomic E-state index is 11.5. The number of rotatable bonds is 5. The standard InChI is InChI=1S/C14H15Cl2NO6/c1-22-6-23-10-3-2-8(15)12(16)11(10)9-4-7(13(18)19)5-17(9)14(20)21/h2-3,7,9H,4-6H2,1H3,(H,18,19)(H,20,21)/t7-,9+/m0/s1. The molecule has 2 rings (SSSR count). The SMILES string of the molecule is COCOc1ccc(Cl)c(Cl)c1[C@H]1C[C@H](C(=O)O)CN1C(=O)O. The number of methoxy groups -OCH3 is 1. The van der Waals surface area contributed by atoms with Crippen molar-refractivity contribution in [2.24, 2.45) is 5.92 Å². The van der Waals surface area contributed by atoms with Crippen molar-refractivity contribution in [3.63, 3.8) is 0 Å². The van der Waals surface area contributed by atoms with Gasteiger partial charge in [0.25, 0.3) is 0 Å².